The number of benzene rings is 3. The van der Waals surface area contributed by atoms with Crippen LogP contribution < -0.4 is 10.2 Å². The zero-order chi connectivity index (χ0) is 22.5. The zero-order valence-corrected chi connectivity index (χ0v) is 17.4. The molecule has 0 bridgehead atoms. The molecule has 1 aliphatic rings. The lowest BCUT2D eigenvalue weighted by molar-refractivity contribution is -0.115. The third kappa shape index (κ3) is 5.29. The van der Waals surface area contributed by atoms with Crippen molar-refractivity contribution in [3.05, 3.63) is 95.6 Å². The number of urea groups is 1. The van der Waals surface area contributed by atoms with Crippen LogP contribution in [0.3, 0.4) is 0 Å². The fourth-order valence-electron chi connectivity index (χ4n) is 3.77. The molecule has 0 aromatic heterocycles. The summed E-state index contributed by atoms with van der Waals surface area (Å²) >= 11 is 0. The van der Waals surface area contributed by atoms with E-state index in [1.54, 1.807) is 52.3 Å². The van der Waals surface area contributed by atoms with Crippen molar-refractivity contribution >= 4 is 23.3 Å². The van der Waals surface area contributed by atoms with Crippen LogP contribution >= 0.6 is 0 Å². The van der Waals surface area contributed by atoms with E-state index in [2.05, 4.69) is 5.32 Å². The molecule has 164 valence electrons. The summed E-state index contributed by atoms with van der Waals surface area (Å²) in [4.78, 5) is 28.8. The Bertz CT molecular complexity index is 1120. The van der Waals surface area contributed by atoms with E-state index in [0.717, 1.165) is 12.0 Å². The van der Waals surface area contributed by atoms with Gasteiger partial charge in [0, 0.05) is 31.0 Å². The summed E-state index contributed by atoms with van der Waals surface area (Å²) in [6, 6.07) is 19.0. The molecule has 0 radical (unpaired) electrons. The van der Waals surface area contributed by atoms with Gasteiger partial charge in [-0.3, -0.25) is 9.69 Å². The smallest absolute Gasteiger partial charge is 0.324 e. The summed E-state index contributed by atoms with van der Waals surface area (Å²) in [7, 11) is 0. The van der Waals surface area contributed by atoms with Crippen LogP contribution in [0.25, 0.3) is 0 Å². The average Bonchev–Trinajstić information content (AvgIpc) is 2.77. The maximum atomic E-state index is 13.5. The molecule has 1 N–H and O–H groups in total. The Morgan fingerprint density at radius 1 is 0.875 bits per heavy atom. The SMILES string of the molecule is O=C(Cc1ccc(F)cc1)Nc1cccc(N2CCCN(Cc3cccc(F)c3)C2=O)c1. The molecule has 1 fully saturated rings. The molecular formula is C25H23F2N3O2. The molecule has 32 heavy (non-hydrogen) atoms. The second-order valence-corrected chi connectivity index (χ2v) is 7.74. The first-order valence-corrected chi connectivity index (χ1v) is 10.4. The predicted octanol–water partition coefficient (Wildman–Crippen LogP) is 4.98. The van der Waals surface area contributed by atoms with Crippen molar-refractivity contribution in [2.24, 2.45) is 0 Å². The molecular weight excluding hydrogens is 412 g/mol. The van der Waals surface area contributed by atoms with E-state index in [4.69, 9.17) is 0 Å². The number of halogens is 2. The monoisotopic (exact) mass is 435 g/mol. The molecule has 4 rings (SSSR count). The van der Waals surface area contributed by atoms with E-state index in [9.17, 15) is 18.4 Å². The van der Waals surface area contributed by atoms with Crippen LogP contribution in [-0.4, -0.2) is 29.9 Å². The Kier molecular flexibility index (Phi) is 6.44. The molecule has 0 saturated carbocycles. The number of carbonyl (C=O) groups excluding carboxylic acids is 2. The molecule has 1 aliphatic heterocycles. The first-order valence-electron chi connectivity index (χ1n) is 10.4. The van der Waals surface area contributed by atoms with E-state index in [1.807, 2.05) is 6.07 Å². The van der Waals surface area contributed by atoms with Crippen LogP contribution in [0.15, 0.2) is 72.8 Å². The second-order valence-electron chi connectivity index (χ2n) is 7.74. The van der Waals surface area contributed by atoms with Gasteiger partial charge in [0.2, 0.25) is 5.91 Å². The van der Waals surface area contributed by atoms with Crippen LogP contribution in [0.4, 0.5) is 25.0 Å². The van der Waals surface area contributed by atoms with Gasteiger partial charge in [-0.15, -0.1) is 0 Å². The van der Waals surface area contributed by atoms with Gasteiger partial charge in [-0.25, -0.2) is 13.6 Å². The van der Waals surface area contributed by atoms with Crippen molar-refractivity contribution in [3.8, 4) is 0 Å². The molecule has 0 atom stereocenters. The topological polar surface area (TPSA) is 52.7 Å². The minimum absolute atomic E-state index is 0.120. The van der Waals surface area contributed by atoms with Crippen molar-refractivity contribution < 1.29 is 18.4 Å². The number of nitrogens with zero attached hydrogens (tertiary/aromatic N) is 2. The first kappa shape index (κ1) is 21.5. The minimum Gasteiger partial charge on any atom is -0.326 e. The highest BCUT2D eigenvalue weighted by Gasteiger charge is 2.27. The Morgan fingerprint density at radius 3 is 2.44 bits per heavy atom. The van der Waals surface area contributed by atoms with E-state index < -0.39 is 0 Å². The Balaban J connectivity index is 1.43. The number of amides is 3. The van der Waals surface area contributed by atoms with Crippen LogP contribution in [0.5, 0.6) is 0 Å². The van der Waals surface area contributed by atoms with E-state index in [1.165, 1.54) is 24.3 Å². The first-order chi connectivity index (χ1) is 15.5. The van der Waals surface area contributed by atoms with Gasteiger partial charge >= 0.3 is 6.03 Å². The lowest BCUT2D eigenvalue weighted by atomic mass is 10.1. The normalized spacial score (nSPS) is 13.9. The zero-order valence-electron chi connectivity index (χ0n) is 17.4. The van der Waals surface area contributed by atoms with Gasteiger partial charge in [0.15, 0.2) is 0 Å². The standard InChI is InChI=1S/C25H23F2N3O2/c26-20-10-8-18(9-11-20)15-24(31)28-22-6-2-7-23(16-22)30-13-3-12-29(25(30)32)17-19-4-1-5-21(27)14-19/h1-2,4-11,14,16H,3,12-13,15,17H2,(H,28,31). The van der Waals surface area contributed by atoms with E-state index in [-0.39, 0.29) is 30.0 Å². The number of hydrogen-bond acceptors (Lipinski definition) is 2. The van der Waals surface area contributed by atoms with Crippen molar-refractivity contribution in [3.63, 3.8) is 0 Å². The summed E-state index contributed by atoms with van der Waals surface area (Å²) in [5, 5.41) is 2.83. The van der Waals surface area contributed by atoms with Crippen molar-refractivity contribution in [2.75, 3.05) is 23.3 Å². The van der Waals surface area contributed by atoms with Crippen molar-refractivity contribution in [1.82, 2.24) is 4.90 Å². The predicted molar refractivity (Wildman–Crippen MR) is 119 cm³/mol. The van der Waals surface area contributed by atoms with Crippen LogP contribution in [0.1, 0.15) is 17.5 Å². The second kappa shape index (κ2) is 9.60. The quantitative estimate of drug-likeness (QED) is 0.594. The number of anilines is 2. The molecule has 1 saturated heterocycles. The molecule has 5 nitrogen and oxygen atoms in total. The summed E-state index contributed by atoms with van der Waals surface area (Å²) in [6.07, 6.45) is 0.900. The maximum Gasteiger partial charge on any atom is 0.324 e. The average molecular weight is 435 g/mol. The van der Waals surface area contributed by atoms with Crippen LogP contribution in [-0.2, 0) is 17.8 Å². The number of rotatable bonds is 6. The van der Waals surface area contributed by atoms with E-state index >= 15 is 0 Å². The molecule has 7 heteroatoms. The highest BCUT2D eigenvalue weighted by molar-refractivity contribution is 5.95. The van der Waals surface area contributed by atoms with Crippen LogP contribution in [0, 0.1) is 11.6 Å². The van der Waals surface area contributed by atoms with Gasteiger partial charge in [0.05, 0.1) is 6.42 Å². The molecule has 0 spiro atoms. The fourth-order valence-corrected chi connectivity index (χ4v) is 3.77. The minimum atomic E-state index is -0.348. The Morgan fingerprint density at radius 2 is 1.66 bits per heavy atom. The summed E-state index contributed by atoms with van der Waals surface area (Å²) in [5.41, 5.74) is 2.70. The van der Waals surface area contributed by atoms with Gasteiger partial charge < -0.3 is 10.2 Å². The number of nitrogens with one attached hydrogen (secondary N) is 1. The summed E-state index contributed by atoms with van der Waals surface area (Å²) in [6.45, 7) is 1.49. The van der Waals surface area contributed by atoms with E-state index in [0.29, 0.717) is 36.6 Å². The van der Waals surface area contributed by atoms with Crippen LogP contribution in [0.2, 0.25) is 0 Å². The molecule has 0 aliphatic carbocycles. The number of carbonyl (C=O) groups is 2. The lowest BCUT2D eigenvalue weighted by Gasteiger charge is -2.36. The van der Waals surface area contributed by atoms with Gasteiger partial charge in [-0.1, -0.05) is 30.3 Å². The summed E-state index contributed by atoms with van der Waals surface area (Å²) < 4.78 is 26.5. The van der Waals surface area contributed by atoms with Crippen molar-refractivity contribution in [2.45, 2.75) is 19.4 Å². The molecule has 0 unspecified atom stereocenters. The maximum absolute atomic E-state index is 13.5. The third-order valence-corrected chi connectivity index (χ3v) is 5.29. The highest BCUT2D eigenvalue weighted by Crippen LogP contribution is 2.24. The van der Waals surface area contributed by atoms with Crippen molar-refractivity contribution in [1.29, 1.82) is 0 Å². The van der Waals surface area contributed by atoms with Gasteiger partial charge in [-0.2, -0.15) is 0 Å². The molecule has 3 aromatic rings. The molecule has 3 amide bonds. The fraction of sp³-hybridized carbons (Fsp3) is 0.200. The number of hydrogen-bond donors (Lipinski definition) is 1. The molecule has 3 aromatic carbocycles. The van der Waals surface area contributed by atoms with Gasteiger partial charge in [0.1, 0.15) is 11.6 Å². The highest BCUT2D eigenvalue weighted by atomic mass is 19.1. The van der Waals surface area contributed by atoms with Gasteiger partial charge in [0.25, 0.3) is 0 Å². The summed E-state index contributed by atoms with van der Waals surface area (Å²) in [5.74, 6) is -0.904. The third-order valence-electron chi connectivity index (χ3n) is 5.29. The Labute approximate surface area is 185 Å². The van der Waals surface area contributed by atoms with Gasteiger partial charge in [-0.05, 0) is 60.0 Å². The Hall–Kier alpha value is -3.74. The molecule has 1 heterocycles. The largest absolute Gasteiger partial charge is 0.326 e. The lowest BCUT2D eigenvalue weighted by Crippen LogP contribution is -2.49.